The molecule has 3 amide bonds. The summed E-state index contributed by atoms with van der Waals surface area (Å²) in [5, 5.41) is 16.3. The first-order chi connectivity index (χ1) is 20.2. The van der Waals surface area contributed by atoms with Gasteiger partial charge in [-0.05, 0) is 23.6 Å². The van der Waals surface area contributed by atoms with Crippen LogP contribution in [0.5, 0.6) is 0 Å². The van der Waals surface area contributed by atoms with Gasteiger partial charge in [0.25, 0.3) is 5.69 Å². The van der Waals surface area contributed by atoms with Gasteiger partial charge in [-0.2, -0.15) is 0 Å². The Morgan fingerprint density at radius 2 is 1.45 bits per heavy atom. The summed E-state index contributed by atoms with van der Waals surface area (Å²) in [4.78, 5) is 61.9. The average Bonchev–Trinajstić information content (AvgIpc) is 2.98. The second-order valence-corrected chi connectivity index (χ2v) is 9.30. The Labute approximate surface area is 242 Å². The third kappa shape index (κ3) is 9.44. The molecule has 0 saturated heterocycles. The lowest BCUT2D eigenvalue weighted by molar-refractivity contribution is -0.384. The van der Waals surface area contributed by atoms with Crippen LogP contribution in [0.4, 0.5) is 10.5 Å². The lowest BCUT2D eigenvalue weighted by atomic mass is 9.87. The molecule has 4 N–H and O–H groups in total. The maximum atomic E-state index is 13.6. The predicted octanol–water partition coefficient (Wildman–Crippen LogP) is 3.14. The number of carbonyl (C=O) groups excluding carboxylic acids is 4. The number of nitrogens with two attached hydrogens (primary N) is 1. The van der Waals surface area contributed by atoms with E-state index < -0.39 is 46.8 Å². The van der Waals surface area contributed by atoms with Gasteiger partial charge in [-0.25, -0.2) is 4.79 Å². The number of esters is 1. The van der Waals surface area contributed by atoms with E-state index in [1.54, 1.807) is 61.5 Å². The summed E-state index contributed by atoms with van der Waals surface area (Å²) in [6.45, 7) is 1.66. The molecule has 3 aromatic rings. The third-order valence-corrected chi connectivity index (χ3v) is 6.33. The molecule has 3 atom stereocenters. The van der Waals surface area contributed by atoms with E-state index in [2.05, 4.69) is 10.6 Å². The molecule has 3 aromatic carbocycles. The molecule has 0 aliphatic rings. The van der Waals surface area contributed by atoms with Crippen molar-refractivity contribution in [3.05, 3.63) is 112 Å². The Balaban J connectivity index is 1.85. The van der Waals surface area contributed by atoms with E-state index in [1.165, 1.54) is 24.3 Å². The van der Waals surface area contributed by atoms with E-state index in [0.29, 0.717) is 5.56 Å². The van der Waals surface area contributed by atoms with Crippen molar-refractivity contribution in [1.29, 1.82) is 0 Å². The highest BCUT2D eigenvalue weighted by atomic mass is 16.6. The zero-order valence-electron chi connectivity index (χ0n) is 22.9. The van der Waals surface area contributed by atoms with Gasteiger partial charge in [0.1, 0.15) is 18.7 Å². The number of nitro groups is 1. The van der Waals surface area contributed by atoms with E-state index in [-0.39, 0.29) is 31.7 Å². The summed E-state index contributed by atoms with van der Waals surface area (Å²) in [6.07, 6.45) is -1.15. The fourth-order valence-corrected chi connectivity index (χ4v) is 4.26. The van der Waals surface area contributed by atoms with Gasteiger partial charge in [0.15, 0.2) is 0 Å². The van der Waals surface area contributed by atoms with Crippen LogP contribution in [0.1, 0.15) is 36.0 Å². The number of hydrogen-bond acceptors (Lipinski definition) is 8. The van der Waals surface area contributed by atoms with Crippen molar-refractivity contribution in [1.82, 2.24) is 10.6 Å². The highest BCUT2D eigenvalue weighted by molar-refractivity contribution is 5.92. The maximum Gasteiger partial charge on any atom is 0.408 e. The van der Waals surface area contributed by atoms with Gasteiger partial charge in [0.05, 0.1) is 18.0 Å². The number of nitro benzene ring substituents is 1. The van der Waals surface area contributed by atoms with Gasteiger partial charge in [0.2, 0.25) is 11.8 Å². The van der Waals surface area contributed by atoms with Crippen LogP contribution in [-0.2, 0) is 36.9 Å². The van der Waals surface area contributed by atoms with Crippen LogP contribution in [0.2, 0.25) is 0 Å². The second-order valence-electron chi connectivity index (χ2n) is 9.30. The Morgan fingerprint density at radius 1 is 0.857 bits per heavy atom. The SMILES string of the molecule is CCOC(=O)C[C@@H](c1ccc([N+](=O)[O-])cc1)[C@@H](NC(=O)[C@H](Cc1ccccc1)NC(=O)OCc1ccccc1)C(N)=O. The minimum absolute atomic E-state index is 0.0297. The molecule has 0 aromatic heterocycles. The highest BCUT2D eigenvalue weighted by Gasteiger charge is 2.34. The number of ether oxygens (including phenoxy) is 2. The number of benzene rings is 3. The van der Waals surface area contributed by atoms with Gasteiger partial charge in [-0.15, -0.1) is 0 Å². The smallest absolute Gasteiger partial charge is 0.408 e. The predicted molar refractivity (Wildman–Crippen MR) is 152 cm³/mol. The van der Waals surface area contributed by atoms with Gasteiger partial charge in [-0.1, -0.05) is 72.8 Å². The molecule has 42 heavy (non-hydrogen) atoms. The lowest BCUT2D eigenvalue weighted by Crippen LogP contribution is -2.55. The Bertz CT molecular complexity index is 1370. The largest absolute Gasteiger partial charge is 0.466 e. The topological polar surface area (TPSA) is 180 Å². The molecule has 0 aliphatic carbocycles. The minimum atomic E-state index is -1.43. The van der Waals surface area contributed by atoms with Crippen molar-refractivity contribution < 1.29 is 33.6 Å². The summed E-state index contributed by atoms with van der Waals surface area (Å²) in [5.74, 6) is -3.39. The molecule has 0 aliphatic heterocycles. The van der Waals surface area contributed by atoms with Crippen molar-refractivity contribution in [2.75, 3.05) is 6.61 Å². The van der Waals surface area contributed by atoms with Crippen LogP contribution in [0, 0.1) is 10.1 Å². The molecule has 0 heterocycles. The fraction of sp³-hybridized carbons (Fsp3) is 0.267. The molecule has 0 spiro atoms. The minimum Gasteiger partial charge on any atom is -0.466 e. The summed E-state index contributed by atoms with van der Waals surface area (Å²) in [7, 11) is 0. The van der Waals surface area contributed by atoms with E-state index >= 15 is 0 Å². The summed E-state index contributed by atoms with van der Waals surface area (Å²) >= 11 is 0. The fourth-order valence-electron chi connectivity index (χ4n) is 4.26. The van der Waals surface area contributed by atoms with Crippen LogP contribution in [0.25, 0.3) is 0 Å². The monoisotopic (exact) mass is 576 g/mol. The molecule has 3 rings (SSSR count). The van der Waals surface area contributed by atoms with Crippen LogP contribution >= 0.6 is 0 Å². The van der Waals surface area contributed by atoms with Crippen LogP contribution < -0.4 is 16.4 Å². The number of amides is 3. The third-order valence-electron chi connectivity index (χ3n) is 6.33. The van der Waals surface area contributed by atoms with Crippen LogP contribution in [-0.4, -0.2) is 47.5 Å². The molecular weight excluding hydrogens is 544 g/mol. The molecule has 220 valence electrons. The summed E-state index contributed by atoms with van der Waals surface area (Å²) < 4.78 is 10.3. The van der Waals surface area contributed by atoms with E-state index in [0.717, 1.165) is 11.1 Å². The van der Waals surface area contributed by atoms with Crippen molar-refractivity contribution in [3.63, 3.8) is 0 Å². The Morgan fingerprint density at radius 3 is 2.00 bits per heavy atom. The first kappa shape index (κ1) is 31.3. The number of nitrogens with one attached hydrogen (secondary N) is 2. The summed E-state index contributed by atoms with van der Waals surface area (Å²) in [6, 6.07) is 20.4. The molecule has 0 fully saturated rings. The van der Waals surface area contributed by atoms with Crippen LogP contribution in [0.3, 0.4) is 0 Å². The molecule has 12 nitrogen and oxygen atoms in total. The van der Waals surface area contributed by atoms with Gasteiger partial charge < -0.3 is 25.8 Å². The van der Waals surface area contributed by atoms with E-state index in [9.17, 15) is 29.3 Å². The highest BCUT2D eigenvalue weighted by Crippen LogP contribution is 2.27. The second kappa shape index (κ2) is 15.5. The zero-order valence-corrected chi connectivity index (χ0v) is 22.9. The lowest BCUT2D eigenvalue weighted by Gasteiger charge is -2.28. The number of primary amides is 1. The number of rotatable bonds is 14. The molecule has 12 heteroatoms. The number of hydrogen-bond donors (Lipinski definition) is 3. The molecule has 0 bridgehead atoms. The van der Waals surface area contributed by atoms with Crippen molar-refractivity contribution in [2.24, 2.45) is 5.73 Å². The number of alkyl carbamates (subject to hydrolysis) is 1. The number of carbonyl (C=O) groups is 4. The number of nitrogens with zero attached hydrogens (tertiary/aromatic N) is 1. The molecule has 0 unspecified atom stereocenters. The average molecular weight is 577 g/mol. The summed E-state index contributed by atoms with van der Waals surface area (Å²) in [5.41, 5.74) is 7.30. The first-order valence-electron chi connectivity index (χ1n) is 13.2. The van der Waals surface area contributed by atoms with Crippen molar-refractivity contribution in [2.45, 2.75) is 44.4 Å². The van der Waals surface area contributed by atoms with Gasteiger partial charge in [0, 0.05) is 24.5 Å². The first-order valence-corrected chi connectivity index (χ1v) is 13.2. The number of non-ortho nitro benzene ring substituents is 1. The van der Waals surface area contributed by atoms with Gasteiger partial charge in [-0.3, -0.25) is 24.5 Å². The molecule has 0 saturated carbocycles. The Hall–Kier alpha value is -5.26. The standard InChI is InChI=1S/C30H32N4O8/c1-2-41-26(35)18-24(22-13-15-23(16-14-22)34(39)40)27(28(31)36)33-29(37)25(17-20-9-5-3-6-10-20)32-30(38)42-19-21-11-7-4-8-12-21/h3-16,24-25,27H,2,17-19H2,1H3,(H2,31,36)(H,32,38)(H,33,37)/t24-,25-,27+/m0/s1. The Kier molecular flexibility index (Phi) is 11.5. The van der Waals surface area contributed by atoms with Crippen molar-refractivity contribution >= 4 is 29.6 Å². The van der Waals surface area contributed by atoms with Gasteiger partial charge >= 0.3 is 12.1 Å². The molecule has 0 radical (unpaired) electrons. The van der Waals surface area contributed by atoms with E-state index in [4.69, 9.17) is 15.2 Å². The molecular formula is C30H32N4O8. The van der Waals surface area contributed by atoms with Crippen molar-refractivity contribution in [3.8, 4) is 0 Å². The normalized spacial score (nSPS) is 12.7. The quantitative estimate of drug-likeness (QED) is 0.149. The maximum absolute atomic E-state index is 13.6. The van der Waals surface area contributed by atoms with E-state index in [1.807, 2.05) is 6.07 Å². The zero-order chi connectivity index (χ0) is 30.5. The van der Waals surface area contributed by atoms with Crippen LogP contribution in [0.15, 0.2) is 84.9 Å².